The summed E-state index contributed by atoms with van der Waals surface area (Å²) >= 11 is 0. The van der Waals surface area contributed by atoms with Crippen LogP contribution in [0.2, 0.25) is 0 Å². The first-order chi connectivity index (χ1) is 14.8. The smallest absolute Gasteiger partial charge is 0.222 e. The van der Waals surface area contributed by atoms with Crippen LogP contribution in [0.3, 0.4) is 0 Å². The van der Waals surface area contributed by atoms with E-state index >= 15 is 0 Å². The minimum absolute atomic E-state index is 0.0580. The summed E-state index contributed by atoms with van der Waals surface area (Å²) in [6.07, 6.45) is 1.65. The van der Waals surface area contributed by atoms with Crippen LogP contribution < -0.4 is 5.32 Å². The normalized spacial score (nSPS) is 19.8. The molecule has 2 N–H and O–H groups in total. The van der Waals surface area contributed by atoms with Crippen molar-refractivity contribution in [2.75, 3.05) is 13.1 Å². The maximum Gasteiger partial charge on any atom is 0.222 e. The van der Waals surface area contributed by atoms with Crippen LogP contribution in [-0.2, 0) is 16.1 Å². The molecule has 1 aliphatic heterocycles. The summed E-state index contributed by atoms with van der Waals surface area (Å²) in [7, 11) is 0. The van der Waals surface area contributed by atoms with Crippen LogP contribution in [0, 0.1) is 5.92 Å². The van der Waals surface area contributed by atoms with Gasteiger partial charge in [0.15, 0.2) is 0 Å². The van der Waals surface area contributed by atoms with Gasteiger partial charge in [0, 0.05) is 37.9 Å². The van der Waals surface area contributed by atoms with Crippen LogP contribution in [0.4, 0.5) is 0 Å². The number of carbonyl (C=O) groups excluding carboxylic acids is 2. The monoisotopic (exact) mass is 428 g/mol. The number of nitrogens with zero attached hydrogens (tertiary/aromatic N) is 3. The summed E-state index contributed by atoms with van der Waals surface area (Å²) in [6, 6.07) is 7.83. The van der Waals surface area contributed by atoms with Crippen molar-refractivity contribution in [3.63, 3.8) is 0 Å². The molecule has 1 saturated heterocycles. The first-order valence-electron chi connectivity index (χ1n) is 11.5. The Morgan fingerprint density at radius 3 is 2.58 bits per heavy atom. The summed E-state index contributed by atoms with van der Waals surface area (Å²) in [5.74, 6) is 1.29. The molecule has 1 fully saturated rings. The molecule has 0 bridgehead atoms. The fourth-order valence-electron chi connectivity index (χ4n) is 4.17. The molecule has 7 nitrogen and oxygen atoms in total. The fraction of sp³-hybridized carbons (Fsp3) is 0.625. The minimum atomic E-state index is -0.619. The molecule has 0 spiro atoms. The molecule has 0 radical (unpaired) electrons. The lowest BCUT2D eigenvalue weighted by atomic mass is 10.1. The summed E-state index contributed by atoms with van der Waals surface area (Å²) in [4.78, 5) is 31.4. The third-order valence-electron chi connectivity index (χ3n) is 6.05. The van der Waals surface area contributed by atoms with E-state index in [0.717, 1.165) is 29.8 Å². The Labute approximate surface area is 184 Å². The first kappa shape index (κ1) is 23.3. The Kier molecular flexibility index (Phi) is 7.70. The number of hydrogen-bond donors (Lipinski definition) is 2. The number of nitrogens with one attached hydrogen (secondary N) is 1. The molecule has 7 heteroatoms. The topological polar surface area (TPSA) is 87.5 Å². The molecule has 2 heterocycles. The van der Waals surface area contributed by atoms with E-state index in [1.807, 2.05) is 36.9 Å². The molecule has 2 aromatic rings. The summed E-state index contributed by atoms with van der Waals surface area (Å²) < 4.78 is 2.23. The molecule has 0 aliphatic carbocycles. The van der Waals surface area contributed by atoms with Crippen LogP contribution >= 0.6 is 0 Å². The van der Waals surface area contributed by atoms with Crippen molar-refractivity contribution in [1.82, 2.24) is 19.8 Å². The second kappa shape index (κ2) is 10.3. The van der Waals surface area contributed by atoms with Crippen LogP contribution in [-0.4, -0.2) is 56.6 Å². The molecule has 0 unspecified atom stereocenters. The highest BCUT2D eigenvalue weighted by atomic mass is 16.3. The van der Waals surface area contributed by atoms with E-state index in [1.54, 1.807) is 0 Å². The van der Waals surface area contributed by atoms with Crippen molar-refractivity contribution < 1.29 is 14.7 Å². The average molecular weight is 429 g/mol. The van der Waals surface area contributed by atoms with E-state index in [4.69, 9.17) is 4.98 Å². The van der Waals surface area contributed by atoms with Gasteiger partial charge in [-0.3, -0.25) is 9.59 Å². The fourth-order valence-corrected chi connectivity index (χ4v) is 4.17. The molecule has 3 rings (SSSR count). The number of benzene rings is 1. The predicted molar refractivity (Wildman–Crippen MR) is 122 cm³/mol. The molecule has 31 heavy (non-hydrogen) atoms. The number of likely N-dealkylation sites (tertiary alicyclic amines) is 1. The first-order valence-corrected chi connectivity index (χ1v) is 11.5. The number of aliphatic hydroxyl groups is 1. The maximum absolute atomic E-state index is 12.8. The highest BCUT2D eigenvalue weighted by Gasteiger charge is 2.28. The Bertz CT molecular complexity index is 905. The number of rotatable bonds is 7. The Hall–Kier alpha value is -2.41. The minimum Gasteiger partial charge on any atom is -0.391 e. The van der Waals surface area contributed by atoms with Gasteiger partial charge in [0.1, 0.15) is 5.82 Å². The van der Waals surface area contributed by atoms with E-state index in [1.165, 1.54) is 0 Å². The number of imidazole rings is 1. The lowest BCUT2D eigenvalue weighted by molar-refractivity contribution is -0.131. The van der Waals surface area contributed by atoms with Gasteiger partial charge in [0.2, 0.25) is 11.8 Å². The van der Waals surface area contributed by atoms with Crippen LogP contribution in [0.5, 0.6) is 0 Å². The third kappa shape index (κ3) is 5.64. The molecule has 1 aromatic heterocycles. The third-order valence-corrected chi connectivity index (χ3v) is 6.05. The standard InChI is InChI=1S/C24H36N4O3/c1-16(2)23-25-18-8-5-6-9-20(18)28(23)13-7-10-22(30)27-14-11-19(21(29)12-15-27)26-24(31)17(3)4/h5-6,8-9,16-17,19,21,29H,7,10-15H2,1-4H3,(H,26,31)/t19-,21-/m0/s1. The van der Waals surface area contributed by atoms with Crippen LogP contribution in [0.25, 0.3) is 11.0 Å². The Morgan fingerprint density at radius 2 is 1.87 bits per heavy atom. The van der Waals surface area contributed by atoms with Gasteiger partial charge in [-0.1, -0.05) is 39.8 Å². The van der Waals surface area contributed by atoms with E-state index < -0.39 is 6.10 Å². The molecule has 1 aromatic carbocycles. The number of amides is 2. The summed E-state index contributed by atoms with van der Waals surface area (Å²) in [6.45, 7) is 9.79. The van der Waals surface area contributed by atoms with Gasteiger partial charge < -0.3 is 19.9 Å². The molecule has 170 valence electrons. The van der Waals surface area contributed by atoms with Crippen molar-refractivity contribution in [3.05, 3.63) is 30.1 Å². The van der Waals surface area contributed by atoms with Crippen molar-refractivity contribution in [2.24, 2.45) is 5.92 Å². The van der Waals surface area contributed by atoms with Crippen LogP contribution in [0.15, 0.2) is 24.3 Å². The van der Waals surface area contributed by atoms with E-state index in [2.05, 4.69) is 29.8 Å². The second-order valence-electron chi connectivity index (χ2n) is 9.16. The maximum atomic E-state index is 12.8. The highest BCUT2D eigenvalue weighted by Crippen LogP contribution is 2.22. The zero-order valence-corrected chi connectivity index (χ0v) is 19.2. The van der Waals surface area contributed by atoms with Gasteiger partial charge in [-0.25, -0.2) is 4.98 Å². The van der Waals surface area contributed by atoms with Crippen molar-refractivity contribution in [3.8, 4) is 0 Å². The van der Waals surface area contributed by atoms with Gasteiger partial charge in [-0.15, -0.1) is 0 Å². The van der Waals surface area contributed by atoms with Gasteiger partial charge in [0.25, 0.3) is 0 Å². The van der Waals surface area contributed by atoms with Gasteiger partial charge in [0.05, 0.1) is 23.2 Å². The lowest BCUT2D eigenvalue weighted by Crippen LogP contribution is -2.44. The van der Waals surface area contributed by atoms with E-state index in [0.29, 0.717) is 38.3 Å². The Balaban J connectivity index is 1.56. The zero-order chi connectivity index (χ0) is 22.5. The number of aryl methyl sites for hydroxylation is 1. The molecule has 0 saturated carbocycles. The number of aromatic nitrogens is 2. The summed E-state index contributed by atoms with van der Waals surface area (Å²) in [5.41, 5.74) is 2.11. The number of para-hydroxylation sites is 2. The molecule has 2 atom stereocenters. The Morgan fingerprint density at radius 1 is 1.16 bits per heavy atom. The molecular weight excluding hydrogens is 392 g/mol. The van der Waals surface area contributed by atoms with E-state index in [-0.39, 0.29) is 23.8 Å². The van der Waals surface area contributed by atoms with E-state index in [9.17, 15) is 14.7 Å². The number of carbonyl (C=O) groups is 2. The van der Waals surface area contributed by atoms with Gasteiger partial charge in [-0.2, -0.15) is 0 Å². The number of aliphatic hydroxyl groups excluding tert-OH is 1. The average Bonchev–Trinajstić information content (AvgIpc) is 3.01. The largest absolute Gasteiger partial charge is 0.391 e. The molecule has 1 aliphatic rings. The molecular formula is C24H36N4O3. The number of fused-ring (bicyclic) bond motifs is 1. The zero-order valence-electron chi connectivity index (χ0n) is 19.2. The lowest BCUT2D eigenvalue weighted by Gasteiger charge is -2.22. The van der Waals surface area contributed by atoms with Crippen LogP contribution in [0.1, 0.15) is 65.1 Å². The van der Waals surface area contributed by atoms with Crippen molar-refractivity contribution in [1.29, 1.82) is 0 Å². The predicted octanol–water partition coefficient (Wildman–Crippen LogP) is 3.06. The van der Waals surface area contributed by atoms with Gasteiger partial charge >= 0.3 is 0 Å². The summed E-state index contributed by atoms with van der Waals surface area (Å²) in [5, 5.41) is 13.3. The van der Waals surface area contributed by atoms with Crippen molar-refractivity contribution in [2.45, 2.75) is 78.0 Å². The van der Waals surface area contributed by atoms with Gasteiger partial charge in [-0.05, 0) is 31.4 Å². The second-order valence-corrected chi connectivity index (χ2v) is 9.16. The highest BCUT2D eigenvalue weighted by molar-refractivity contribution is 5.78. The van der Waals surface area contributed by atoms with Crippen molar-refractivity contribution >= 4 is 22.8 Å². The number of hydrogen-bond acceptors (Lipinski definition) is 4. The SMILES string of the molecule is CC(C)C(=O)N[C@H]1CCN(C(=O)CCCn2c(C(C)C)nc3ccccc32)CC[C@@H]1O. The quantitative estimate of drug-likeness (QED) is 0.710. The molecule has 2 amide bonds.